The van der Waals surface area contributed by atoms with Gasteiger partial charge in [0.1, 0.15) is 0 Å². The average Bonchev–Trinajstić information content (AvgIpc) is 2.20. The van der Waals surface area contributed by atoms with Gasteiger partial charge in [-0.2, -0.15) is 0 Å². The van der Waals surface area contributed by atoms with Crippen LogP contribution in [0.25, 0.3) is 0 Å². The highest BCUT2D eigenvalue weighted by Crippen LogP contribution is 2.20. The van der Waals surface area contributed by atoms with Crippen LogP contribution in [0.2, 0.25) is 0 Å². The molecular weight excluding hydrogens is 178 g/mol. The molecule has 76 valence electrons. The zero-order valence-electron chi connectivity index (χ0n) is 8.36. The van der Waals surface area contributed by atoms with Crippen LogP contribution in [-0.4, -0.2) is 13.0 Å². The maximum Gasteiger partial charge on any atom is 0.0461 e. The first kappa shape index (κ1) is 10.7. The first-order valence-electron chi connectivity index (χ1n) is 4.60. The molecule has 0 aliphatic rings. The van der Waals surface area contributed by atoms with E-state index >= 15 is 0 Å². The number of hydrogen-bond acceptors (Lipinski definition) is 3. The highest BCUT2D eigenvalue weighted by molar-refractivity contribution is 5.68. The SMILES string of the molecule is CNC(c1ccccc1)C(C)C(=O)[O-]. The molecule has 0 saturated heterocycles. The van der Waals surface area contributed by atoms with Gasteiger partial charge in [0.2, 0.25) is 0 Å². The van der Waals surface area contributed by atoms with Gasteiger partial charge in [-0.15, -0.1) is 0 Å². The van der Waals surface area contributed by atoms with Crippen molar-refractivity contribution in [1.82, 2.24) is 5.32 Å². The van der Waals surface area contributed by atoms with E-state index in [1.165, 1.54) is 0 Å². The molecule has 0 aliphatic carbocycles. The van der Waals surface area contributed by atoms with Gasteiger partial charge in [0.05, 0.1) is 0 Å². The summed E-state index contributed by atoms with van der Waals surface area (Å²) in [5.74, 6) is -1.57. The van der Waals surface area contributed by atoms with Crippen molar-refractivity contribution in [2.45, 2.75) is 13.0 Å². The van der Waals surface area contributed by atoms with Crippen LogP contribution >= 0.6 is 0 Å². The van der Waals surface area contributed by atoms with Crippen LogP contribution in [-0.2, 0) is 4.79 Å². The Kier molecular flexibility index (Phi) is 3.65. The second-order valence-electron chi connectivity index (χ2n) is 3.28. The summed E-state index contributed by atoms with van der Waals surface area (Å²) in [4.78, 5) is 10.7. The Morgan fingerprint density at radius 2 is 1.93 bits per heavy atom. The number of carbonyl (C=O) groups is 1. The Morgan fingerprint density at radius 1 is 1.36 bits per heavy atom. The molecule has 0 aromatic heterocycles. The van der Waals surface area contributed by atoms with E-state index in [0.29, 0.717) is 0 Å². The molecule has 0 spiro atoms. The summed E-state index contributed by atoms with van der Waals surface area (Å²) in [5, 5.41) is 13.7. The summed E-state index contributed by atoms with van der Waals surface area (Å²) in [7, 11) is 1.75. The molecule has 2 unspecified atom stereocenters. The smallest absolute Gasteiger partial charge is 0.0461 e. The number of carbonyl (C=O) groups excluding carboxylic acids is 1. The Morgan fingerprint density at radius 3 is 2.36 bits per heavy atom. The second kappa shape index (κ2) is 4.77. The van der Waals surface area contributed by atoms with Gasteiger partial charge in [-0.1, -0.05) is 37.3 Å². The number of hydrogen-bond donors (Lipinski definition) is 1. The van der Waals surface area contributed by atoms with Gasteiger partial charge in [0.15, 0.2) is 0 Å². The Labute approximate surface area is 83.8 Å². The fourth-order valence-corrected chi connectivity index (χ4v) is 1.50. The van der Waals surface area contributed by atoms with Crippen molar-refractivity contribution in [3.8, 4) is 0 Å². The van der Waals surface area contributed by atoms with Crippen molar-refractivity contribution in [3.63, 3.8) is 0 Å². The third kappa shape index (κ3) is 2.33. The van der Waals surface area contributed by atoms with E-state index in [2.05, 4.69) is 5.32 Å². The molecule has 0 amide bonds. The standard InChI is InChI=1S/C11H15NO2/c1-8(11(13)14)10(12-2)9-6-4-3-5-7-9/h3-8,10,12H,1-2H3,(H,13,14)/p-1. The average molecular weight is 192 g/mol. The molecule has 0 heterocycles. The lowest BCUT2D eigenvalue weighted by atomic mass is 9.95. The first-order chi connectivity index (χ1) is 6.66. The second-order valence-corrected chi connectivity index (χ2v) is 3.28. The fourth-order valence-electron chi connectivity index (χ4n) is 1.50. The normalized spacial score (nSPS) is 14.7. The molecule has 1 N–H and O–H groups in total. The van der Waals surface area contributed by atoms with Gasteiger partial charge in [0, 0.05) is 17.9 Å². The Hall–Kier alpha value is -1.35. The van der Waals surface area contributed by atoms with Crippen LogP contribution in [0.4, 0.5) is 0 Å². The quantitative estimate of drug-likeness (QED) is 0.748. The van der Waals surface area contributed by atoms with E-state index < -0.39 is 11.9 Å². The molecule has 0 fully saturated rings. The van der Waals surface area contributed by atoms with Gasteiger partial charge in [-0.05, 0) is 12.6 Å². The molecular formula is C11H14NO2-. The van der Waals surface area contributed by atoms with E-state index in [9.17, 15) is 9.90 Å². The largest absolute Gasteiger partial charge is 0.550 e. The van der Waals surface area contributed by atoms with Crippen LogP contribution in [0.15, 0.2) is 30.3 Å². The lowest BCUT2D eigenvalue weighted by Gasteiger charge is -2.24. The Bertz CT molecular complexity index is 297. The highest BCUT2D eigenvalue weighted by Gasteiger charge is 2.17. The fraction of sp³-hybridized carbons (Fsp3) is 0.364. The number of benzene rings is 1. The van der Waals surface area contributed by atoms with Crippen LogP contribution < -0.4 is 10.4 Å². The summed E-state index contributed by atoms with van der Waals surface area (Å²) in [6, 6.07) is 9.30. The van der Waals surface area contributed by atoms with E-state index in [4.69, 9.17) is 0 Å². The molecule has 2 atom stereocenters. The van der Waals surface area contributed by atoms with E-state index in [-0.39, 0.29) is 6.04 Å². The zero-order valence-corrected chi connectivity index (χ0v) is 8.36. The van der Waals surface area contributed by atoms with Crippen LogP contribution in [0.3, 0.4) is 0 Å². The van der Waals surface area contributed by atoms with Crippen LogP contribution in [0, 0.1) is 5.92 Å². The molecule has 0 radical (unpaired) electrons. The van der Waals surface area contributed by atoms with Crippen molar-refractivity contribution in [2.75, 3.05) is 7.05 Å². The minimum Gasteiger partial charge on any atom is -0.550 e. The summed E-state index contributed by atoms with van der Waals surface area (Å²) in [6.07, 6.45) is 0. The minimum absolute atomic E-state index is 0.193. The molecule has 1 aromatic carbocycles. The van der Waals surface area contributed by atoms with E-state index in [1.807, 2.05) is 30.3 Å². The molecule has 1 rings (SSSR count). The van der Waals surface area contributed by atoms with Crippen molar-refractivity contribution in [2.24, 2.45) is 5.92 Å². The molecule has 0 aliphatic heterocycles. The highest BCUT2D eigenvalue weighted by atomic mass is 16.4. The summed E-state index contributed by atoms with van der Waals surface area (Å²) < 4.78 is 0. The summed E-state index contributed by atoms with van der Waals surface area (Å²) in [6.45, 7) is 1.64. The molecule has 0 saturated carbocycles. The maximum absolute atomic E-state index is 10.7. The van der Waals surface area contributed by atoms with E-state index in [0.717, 1.165) is 5.56 Å². The maximum atomic E-state index is 10.7. The predicted octanol–water partition coefficient (Wildman–Crippen LogP) is 0.333. The van der Waals surface area contributed by atoms with Gasteiger partial charge >= 0.3 is 0 Å². The van der Waals surface area contributed by atoms with Gasteiger partial charge in [-0.3, -0.25) is 0 Å². The number of carboxylic acids is 1. The summed E-state index contributed by atoms with van der Waals surface area (Å²) in [5.41, 5.74) is 0.965. The lowest BCUT2D eigenvalue weighted by molar-refractivity contribution is -0.311. The number of rotatable bonds is 4. The third-order valence-corrected chi connectivity index (χ3v) is 2.34. The minimum atomic E-state index is -1.03. The first-order valence-corrected chi connectivity index (χ1v) is 4.60. The van der Waals surface area contributed by atoms with Gasteiger partial charge < -0.3 is 15.2 Å². The van der Waals surface area contributed by atoms with Gasteiger partial charge in [-0.25, -0.2) is 0 Å². The van der Waals surface area contributed by atoms with Crippen molar-refractivity contribution < 1.29 is 9.90 Å². The third-order valence-electron chi connectivity index (χ3n) is 2.34. The van der Waals surface area contributed by atoms with Crippen LogP contribution in [0.1, 0.15) is 18.5 Å². The lowest BCUT2D eigenvalue weighted by Crippen LogP contribution is -2.37. The topological polar surface area (TPSA) is 52.2 Å². The molecule has 14 heavy (non-hydrogen) atoms. The monoisotopic (exact) mass is 192 g/mol. The summed E-state index contributed by atoms with van der Waals surface area (Å²) >= 11 is 0. The molecule has 1 aromatic rings. The van der Waals surface area contributed by atoms with Crippen molar-refractivity contribution >= 4 is 5.97 Å². The van der Waals surface area contributed by atoms with Gasteiger partial charge in [0.25, 0.3) is 0 Å². The van der Waals surface area contributed by atoms with Crippen LogP contribution in [0.5, 0.6) is 0 Å². The number of carboxylic acid groups (broad SMARTS) is 1. The predicted molar refractivity (Wildman–Crippen MR) is 52.4 cm³/mol. The molecule has 3 heteroatoms. The van der Waals surface area contributed by atoms with Crippen molar-refractivity contribution in [3.05, 3.63) is 35.9 Å². The molecule has 0 bridgehead atoms. The zero-order chi connectivity index (χ0) is 10.6. The Balaban J connectivity index is 2.87. The number of nitrogens with one attached hydrogen (secondary N) is 1. The molecule has 3 nitrogen and oxygen atoms in total. The number of aliphatic carboxylic acids is 1. The van der Waals surface area contributed by atoms with Crippen molar-refractivity contribution in [1.29, 1.82) is 0 Å². The van der Waals surface area contributed by atoms with E-state index in [1.54, 1.807) is 14.0 Å².